The van der Waals surface area contributed by atoms with E-state index in [1.165, 1.54) is 5.56 Å². The molecule has 0 fully saturated rings. The maximum Gasteiger partial charge on any atom is 0.251 e. The van der Waals surface area contributed by atoms with Gasteiger partial charge in [0, 0.05) is 38.4 Å². The highest BCUT2D eigenvalue weighted by Crippen LogP contribution is 2.12. The standard InChI is InChI=1S/C19H25N3O/c1-21(2)14-16-7-5-15(6-8-16)13-20-19(23)17-9-11-18(12-10-17)22(3)4/h5-12H,13-14H2,1-4H3,(H,20,23). The van der Waals surface area contributed by atoms with E-state index in [0.717, 1.165) is 17.8 Å². The van der Waals surface area contributed by atoms with E-state index in [0.29, 0.717) is 12.1 Å². The molecule has 0 saturated heterocycles. The zero-order valence-electron chi connectivity index (χ0n) is 14.3. The van der Waals surface area contributed by atoms with Crippen molar-refractivity contribution in [3.05, 3.63) is 65.2 Å². The van der Waals surface area contributed by atoms with Gasteiger partial charge in [0.05, 0.1) is 0 Å². The van der Waals surface area contributed by atoms with Gasteiger partial charge < -0.3 is 15.1 Å². The van der Waals surface area contributed by atoms with Gasteiger partial charge in [0.15, 0.2) is 0 Å². The lowest BCUT2D eigenvalue weighted by Gasteiger charge is -2.13. The normalized spacial score (nSPS) is 10.7. The largest absolute Gasteiger partial charge is 0.378 e. The molecule has 0 aliphatic heterocycles. The number of nitrogens with zero attached hydrogens (tertiary/aromatic N) is 2. The van der Waals surface area contributed by atoms with E-state index >= 15 is 0 Å². The van der Waals surface area contributed by atoms with Crippen LogP contribution in [-0.2, 0) is 13.1 Å². The predicted molar refractivity (Wildman–Crippen MR) is 95.8 cm³/mol. The van der Waals surface area contributed by atoms with Crippen molar-refractivity contribution in [1.82, 2.24) is 10.2 Å². The van der Waals surface area contributed by atoms with Gasteiger partial charge in [0.1, 0.15) is 0 Å². The first-order chi connectivity index (χ1) is 11.0. The second-order valence-corrected chi connectivity index (χ2v) is 6.18. The summed E-state index contributed by atoms with van der Waals surface area (Å²) in [6.07, 6.45) is 0. The average molecular weight is 311 g/mol. The van der Waals surface area contributed by atoms with Crippen molar-refractivity contribution in [3.8, 4) is 0 Å². The Kier molecular flexibility index (Phi) is 5.77. The average Bonchev–Trinajstić information content (AvgIpc) is 2.53. The van der Waals surface area contributed by atoms with Crippen molar-refractivity contribution in [1.29, 1.82) is 0 Å². The van der Waals surface area contributed by atoms with Crippen molar-refractivity contribution in [3.63, 3.8) is 0 Å². The summed E-state index contributed by atoms with van der Waals surface area (Å²) in [6, 6.07) is 15.9. The van der Waals surface area contributed by atoms with Crippen molar-refractivity contribution in [2.75, 3.05) is 33.1 Å². The zero-order valence-corrected chi connectivity index (χ0v) is 14.3. The van der Waals surface area contributed by atoms with Crippen LogP contribution in [0.15, 0.2) is 48.5 Å². The monoisotopic (exact) mass is 311 g/mol. The van der Waals surface area contributed by atoms with Gasteiger partial charge in [0.2, 0.25) is 0 Å². The Morgan fingerprint density at radius 2 is 1.43 bits per heavy atom. The molecule has 0 aliphatic carbocycles. The van der Waals surface area contributed by atoms with Crippen LogP contribution in [0.2, 0.25) is 0 Å². The quantitative estimate of drug-likeness (QED) is 0.891. The molecule has 0 atom stereocenters. The Hall–Kier alpha value is -2.33. The van der Waals surface area contributed by atoms with E-state index in [1.54, 1.807) is 0 Å². The van der Waals surface area contributed by atoms with Crippen LogP contribution in [0.4, 0.5) is 5.69 Å². The molecule has 122 valence electrons. The summed E-state index contributed by atoms with van der Waals surface area (Å²) in [4.78, 5) is 16.3. The van der Waals surface area contributed by atoms with Gasteiger partial charge in [-0.1, -0.05) is 24.3 Å². The van der Waals surface area contributed by atoms with E-state index in [2.05, 4.69) is 48.6 Å². The Bertz CT molecular complexity index is 631. The Morgan fingerprint density at radius 3 is 1.96 bits per heavy atom. The van der Waals surface area contributed by atoms with Crippen LogP contribution in [0.1, 0.15) is 21.5 Å². The third-order valence-electron chi connectivity index (χ3n) is 3.62. The van der Waals surface area contributed by atoms with Gasteiger partial charge >= 0.3 is 0 Å². The Morgan fingerprint density at radius 1 is 0.870 bits per heavy atom. The third-order valence-corrected chi connectivity index (χ3v) is 3.62. The molecule has 0 bridgehead atoms. The number of carbonyl (C=O) groups excluding carboxylic acids is 1. The number of hydrogen-bond donors (Lipinski definition) is 1. The van der Waals surface area contributed by atoms with Gasteiger partial charge in [-0.25, -0.2) is 0 Å². The summed E-state index contributed by atoms with van der Waals surface area (Å²) in [5.74, 6) is -0.0484. The molecule has 0 aromatic heterocycles. The number of anilines is 1. The molecule has 0 radical (unpaired) electrons. The minimum atomic E-state index is -0.0484. The van der Waals surface area contributed by atoms with Gasteiger partial charge in [-0.15, -0.1) is 0 Å². The fourth-order valence-electron chi connectivity index (χ4n) is 2.32. The summed E-state index contributed by atoms with van der Waals surface area (Å²) < 4.78 is 0. The van der Waals surface area contributed by atoms with Crippen LogP contribution >= 0.6 is 0 Å². The summed E-state index contributed by atoms with van der Waals surface area (Å²) in [5, 5.41) is 2.96. The van der Waals surface area contributed by atoms with E-state index in [-0.39, 0.29) is 5.91 Å². The number of rotatable bonds is 6. The number of hydrogen-bond acceptors (Lipinski definition) is 3. The molecule has 0 spiro atoms. The maximum atomic E-state index is 12.2. The Balaban J connectivity index is 1.91. The topological polar surface area (TPSA) is 35.6 Å². The van der Waals surface area contributed by atoms with Crippen molar-refractivity contribution in [2.24, 2.45) is 0 Å². The minimum Gasteiger partial charge on any atom is -0.378 e. The first kappa shape index (κ1) is 17.0. The molecule has 0 saturated carbocycles. The van der Waals surface area contributed by atoms with Crippen LogP contribution in [0.5, 0.6) is 0 Å². The van der Waals surface area contributed by atoms with Gasteiger partial charge in [-0.2, -0.15) is 0 Å². The first-order valence-corrected chi connectivity index (χ1v) is 7.74. The van der Waals surface area contributed by atoms with E-state index in [4.69, 9.17) is 0 Å². The summed E-state index contributed by atoms with van der Waals surface area (Å²) in [7, 11) is 8.06. The van der Waals surface area contributed by atoms with Crippen LogP contribution in [0, 0.1) is 0 Å². The molecule has 4 nitrogen and oxygen atoms in total. The molecule has 23 heavy (non-hydrogen) atoms. The van der Waals surface area contributed by atoms with Crippen molar-refractivity contribution >= 4 is 11.6 Å². The molecular formula is C19H25N3O. The second kappa shape index (κ2) is 7.79. The van der Waals surface area contributed by atoms with Crippen LogP contribution in [0.3, 0.4) is 0 Å². The summed E-state index contributed by atoms with van der Waals surface area (Å²) in [5.41, 5.74) is 4.13. The van der Waals surface area contributed by atoms with Crippen molar-refractivity contribution in [2.45, 2.75) is 13.1 Å². The fraction of sp³-hybridized carbons (Fsp3) is 0.316. The van der Waals surface area contributed by atoms with Gasteiger partial charge in [0.25, 0.3) is 5.91 Å². The smallest absolute Gasteiger partial charge is 0.251 e. The highest BCUT2D eigenvalue weighted by atomic mass is 16.1. The number of carbonyl (C=O) groups is 1. The van der Waals surface area contributed by atoms with Crippen LogP contribution in [0.25, 0.3) is 0 Å². The Labute approximate surface area is 138 Å². The molecule has 0 unspecified atom stereocenters. The SMILES string of the molecule is CN(C)Cc1ccc(CNC(=O)c2ccc(N(C)C)cc2)cc1. The summed E-state index contributed by atoms with van der Waals surface area (Å²) >= 11 is 0. The van der Waals surface area contributed by atoms with Crippen LogP contribution in [-0.4, -0.2) is 39.0 Å². The highest BCUT2D eigenvalue weighted by Gasteiger charge is 2.06. The van der Waals surface area contributed by atoms with Crippen LogP contribution < -0.4 is 10.2 Å². The lowest BCUT2D eigenvalue weighted by Crippen LogP contribution is -2.22. The number of benzene rings is 2. The van der Waals surface area contributed by atoms with E-state index in [1.807, 2.05) is 43.3 Å². The van der Waals surface area contributed by atoms with E-state index in [9.17, 15) is 4.79 Å². The molecule has 1 N–H and O–H groups in total. The van der Waals surface area contributed by atoms with Gasteiger partial charge in [-0.3, -0.25) is 4.79 Å². The lowest BCUT2D eigenvalue weighted by molar-refractivity contribution is 0.0951. The highest BCUT2D eigenvalue weighted by molar-refractivity contribution is 5.94. The molecule has 0 aliphatic rings. The second-order valence-electron chi connectivity index (χ2n) is 6.18. The summed E-state index contributed by atoms with van der Waals surface area (Å²) in [6.45, 7) is 1.46. The molecule has 4 heteroatoms. The number of nitrogens with one attached hydrogen (secondary N) is 1. The lowest BCUT2D eigenvalue weighted by atomic mass is 10.1. The van der Waals surface area contributed by atoms with E-state index < -0.39 is 0 Å². The molecule has 2 aromatic rings. The third kappa shape index (κ3) is 5.11. The molecule has 0 heterocycles. The maximum absolute atomic E-state index is 12.2. The molecule has 2 aromatic carbocycles. The van der Waals surface area contributed by atoms with Crippen molar-refractivity contribution < 1.29 is 4.79 Å². The minimum absolute atomic E-state index is 0.0484. The zero-order chi connectivity index (χ0) is 16.8. The molecule has 2 rings (SSSR count). The predicted octanol–water partition coefficient (Wildman–Crippen LogP) is 2.74. The number of amides is 1. The first-order valence-electron chi connectivity index (χ1n) is 7.74. The molecule has 1 amide bonds. The fourth-order valence-corrected chi connectivity index (χ4v) is 2.32. The molecular weight excluding hydrogens is 286 g/mol. The van der Waals surface area contributed by atoms with Gasteiger partial charge in [-0.05, 0) is 49.5 Å².